The highest BCUT2D eigenvalue weighted by molar-refractivity contribution is 6.31. The Balaban J connectivity index is 1.18. The molecular formula is C72H108ClF3N12O14. The topological polar surface area (TPSA) is 297 Å². The number of hydrogen-bond acceptors (Lipinski definition) is 14. The van der Waals surface area contributed by atoms with E-state index in [1.165, 1.54) is 65.7 Å². The van der Waals surface area contributed by atoms with Crippen molar-refractivity contribution in [3.63, 3.8) is 0 Å². The molecule has 0 radical (unpaired) electrons. The fraction of sp³-hybridized carbons (Fsp3) is 0.750. The zero-order valence-corrected chi connectivity index (χ0v) is 62.0. The predicted molar refractivity (Wildman–Crippen MR) is 370 cm³/mol. The number of hydrogen-bond donors (Lipinski definition) is 4. The molecule has 4 N–H and O–H groups in total. The highest BCUT2D eigenvalue weighted by Gasteiger charge is 2.53. The molecule has 2 unspecified atom stereocenters. The van der Waals surface area contributed by atoms with Gasteiger partial charge in [0.2, 0.25) is 70.9 Å². The van der Waals surface area contributed by atoms with E-state index in [9.17, 15) is 37.1 Å². The van der Waals surface area contributed by atoms with E-state index in [0.29, 0.717) is 57.8 Å². The second-order valence-electron chi connectivity index (χ2n) is 29.7. The van der Waals surface area contributed by atoms with Crippen molar-refractivity contribution in [2.45, 2.75) is 249 Å². The van der Waals surface area contributed by atoms with Crippen LogP contribution in [0.5, 0.6) is 0 Å². The molecule has 26 nitrogen and oxygen atoms in total. The molecule has 5 saturated heterocycles. The second kappa shape index (κ2) is 35.1. The molecule has 7 fully saturated rings. The number of benzene rings is 1. The lowest BCUT2D eigenvalue weighted by Gasteiger charge is -2.44. The Bertz CT molecular complexity index is 3230. The Morgan fingerprint density at radius 2 is 1.37 bits per heavy atom. The zero-order valence-electron chi connectivity index (χ0n) is 61.2. The fourth-order valence-electron chi connectivity index (χ4n) is 16.1. The van der Waals surface area contributed by atoms with Gasteiger partial charge >= 0.3 is 6.18 Å². The van der Waals surface area contributed by atoms with Crippen molar-refractivity contribution >= 4 is 82.5 Å². The Morgan fingerprint density at radius 3 is 1.96 bits per heavy atom. The van der Waals surface area contributed by atoms with Gasteiger partial charge in [0, 0.05) is 54.4 Å². The van der Waals surface area contributed by atoms with E-state index in [2.05, 4.69) is 21.3 Å². The molecule has 102 heavy (non-hydrogen) atoms. The number of carbonyl (C=O) groups excluding carboxylic acids is 12. The zero-order chi connectivity index (χ0) is 74.8. The highest BCUT2D eigenvalue weighted by atomic mass is 35.5. The summed E-state index contributed by atoms with van der Waals surface area (Å²) in [7, 11) is 5.63. The van der Waals surface area contributed by atoms with Gasteiger partial charge in [0.15, 0.2) is 0 Å². The summed E-state index contributed by atoms with van der Waals surface area (Å²) in [5, 5.41) is 10.9. The average molecular weight is 1460 g/mol. The number of carbonyl (C=O) groups is 12. The van der Waals surface area contributed by atoms with E-state index in [1.54, 1.807) is 18.7 Å². The minimum absolute atomic E-state index is 0.0191. The average Bonchev–Trinajstić information content (AvgIpc) is 1.46. The summed E-state index contributed by atoms with van der Waals surface area (Å²) >= 11 is 6.15. The number of nitrogens with zero attached hydrogens (tertiary/aromatic N) is 8. The third-order valence-electron chi connectivity index (χ3n) is 22.2. The number of alkyl halides is 3. The summed E-state index contributed by atoms with van der Waals surface area (Å²) in [4.78, 5) is 191. The third-order valence-corrected chi connectivity index (χ3v) is 22.5. The van der Waals surface area contributed by atoms with Crippen molar-refractivity contribution in [2.24, 2.45) is 17.8 Å². The molecule has 0 aromatic heterocycles. The molecule has 1 spiro atoms. The molecule has 568 valence electrons. The quantitative estimate of drug-likeness (QED) is 0.187. The molecule has 8 rings (SSSR count). The number of fused-ring (bicyclic) bond motifs is 4. The van der Waals surface area contributed by atoms with Crippen LogP contribution in [0.2, 0.25) is 5.02 Å². The van der Waals surface area contributed by atoms with Gasteiger partial charge in [-0.1, -0.05) is 84.4 Å². The first-order valence-corrected chi connectivity index (χ1v) is 37.2. The van der Waals surface area contributed by atoms with Gasteiger partial charge in [0.25, 0.3) is 0 Å². The molecule has 1 aromatic rings. The van der Waals surface area contributed by atoms with Crippen molar-refractivity contribution in [1.29, 1.82) is 0 Å². The lowest BCUT2D eigenvalue weighted by atomic mass is 9.90. The number of likely N-dealkylation sites (N-methyl/N-ethyl adjacent to an activating group) is 5. The Morgan fingerprint density at radius 1 is 0.716 bits per heavy atom. The van der Waals surface area contributed by atoms with Gasteiger partial charge < -0.3 is 69.9 Å². The molecule has 1 aromatic carbocycles. The van der Waals surface area contributed by atoms with Crippen LogP contribution in [0.3, 0.4) is 0 Å². The minimum atomic E-state index is -4.77. The van der Waals surface area contributed by atoms with Gasteiger partial charge in [0.05, 0.1) is 55.5 Å². The first kappa shape index (κ1) is 80.5. The normalized spacial score (nSPS) is 29.1. The van der Waals surface area contributed by atoms with Gasteiger partial charge in [-0.25, -0.2) is 0 Å². The molecule has 2 aliphatic carbocycles. The number of rotatable bonds is 14. The molecule has 7 aliphatic rings. The lowest BCUT2D eigenvalue weighted by molar-refractivity contribution is -0.159. The van der Waals surface area contributed by atoms with Crippen LogP contribution in [0.4, 0.5) is 13.2 Å². The summed E-state index contributed by atoms with van der Waals surface area (Å²) in [5.41, 5.74) is -2.39. The molecule has 12 amide bonds. The van der Waals surface area contributed by atoms with Crippen LogP contribution in [0.1, 0.15) is 175 Å². The summed E-state index contributed by atoms with van der Waals surface area (Å²) < 4.78 is 53.4. The number of amides is 12. The van der Waals surface area contributed by atoms with E-state index in [4.69, 9.17) is 21.1 Å². The first-order chi connectivity index (χ1) is 48.3. The summed E-state index contributed by atoms with van der Waals surface area (Å²) in [5.74, 6) is -9.17. The van der Waals surface area contributed by atoms with Crippen molar-refractivity contribution < 1.29 is 80.2 Å². The lowest BCUT2D eigenvalue weighted by Crippen LogP contribution is -2.65. The number of morpholine rings is 1. The standard InChI is InChI=1S/C72H108ClF3N12O14/c1-12-34-101-41-56-66(96)81(8)38-57(89)78-51(28-24-45-23-27-49(50(73)36-45)72(74,75)76)65(95)86-32-19-22-52(86)62(92)80-71(30-17-18-31-71)70(100)84(11)60(46-20-15-16-21-46)69(99)82(9)55(68(98)88-47-25-26-48(88)40-102-39-47)37-58(90)85(14-3)54(35-42(4)5)61(91)79-59(43(6)13-2)63(93)77-44(7)64(94)87-33-29-53(87)67(97)83(56)10/h23,27,36,42-44,46-48,51-56,59-60H,12-22,24-26,28-35,37-41H2,1-11H3,(H,77,93)(H,78,89)(H,79,91)(H,80,92)/t43-,44-,47?,48?,51-,52-,53-,54-,55-,56-,59-,60-/m0/s1. The monoisotopic (exact) mass is 1460 g/mol. The fourth-order valence-corrected chi connectivity index (χ4v) is 16.4. The van der Waals surface area contributed by atoms with Gasteiger partial charge in [0.1, 0.15) is 59.9 Å². The van der Waals surface area contributed by atoms with Crippen LogP contribution in [0.15, 0.2) is 18.2 Å². The van der Waals surface area contributed by atoms with E-state index in [-0.39, 0.29) is 115 Å². The van der Waals surface area contributed by atoms with Gasteiger partial charge in [-0.15, -0.1) is 0 Å². The second-order valence-corrected chi connectivity index (χ2v) is 30.1. The number of ether oxygens (including phenoxy) is 2. The number of nitrogens with one attached hydrogen (secondary N) is 4. The number of aryl methyl sites for hydroxylation is 1. The minimum Gasteiger partial charge on any atom is -0.379 e. The van der Waals surface area contributed by atoms with Crippen molar-refractivity contribution in [1.82, 2.24) is 60.5 Å². The maximum atomic E-state index is 15.9. The van der Waals surface area contributed by atoms with E-state index in [0.717, 1.165) is 34.8 Å². The summed E-state index contributed by atoms with van der Waals surface area (Å²) in [6.45, 7) is 12.0. The highest BCUT2D eigenvalue weighted by Crippen LogP contribution is 2.39. The van der Waals surface area contributed by atoms with Crippen LogP contribution in [-0.2, 0) is 79.6 Å². The predicted octanol–water partition coefficient (Wildman–Crippen LogP) is 4.45. The van der Waals surface area contributed by atoms with Crippen LogP contribution in [0.25, 0.3) is 0 Å². The van der Waals surface area contributed by atoms with Gasteiger partial charge in [-0.05, 0) is 133 Å². The first-order valence-electron chi connectivity index (χ1n) is 36.8. The van der Waals surface area contributed by atoms with E-state index in [1.807, 2.05) is 27.7 Å². The van der Waals surface area contributed by atoms with Crippen LogP contribution in [0, 0.1) is 17.8 Å². The smallest absolute Gasteiger partial charge is 0.379 e. The molecule has 5 heterocycles. The van der Waals surface area contributed by atoms with Crippen molar-refractivity contribution in [2.75, 3.05) is 80.8 Å². The van der Waals surface area contributed by atoms with Crippen molar-refractivity contribution in [3.8, 4) is 0 Å². The largest absolute Gasteiger partial charge is 0.417 e. The van der Waals surface area contributed by atoms with Crippen LogP contribution in [-0.4, -0.2) is 263 Å². The van der Waals surface area contributed by atoms with E-state index >= 15 is 33.6 Å². The van der Waals surface area contributed by atoms with Crippen LogP contribution < -0.4 is 21.3 Å². The Labute approximate surface area is 602 Å². The van der Waals surface area contributed by atoms with Crippen molar-refractivity contribution in [3.05, 3.63) is 34.3 Å². The maximum absolute atomic E-state index is 15.9. The van der Waals surface area contributed by atoms with E-state index < -0.39 is 172 Å². The molecule has 12 atom stereocenters. The summed E-state index contributed by atoms with van der Waals surface area (Å²) in [6.07, 6.45) is 1.10. The molecule has 5 aliphatic heterocycles. The Kier molecular flexibility index (Phi) is 27.7. The summed E-state index contributed by atoms with van der Waals surface area (Å²) in [6, 6.07) is -9.02. The Hall–Kier alpha value is -7.14. The molecule has 30 heteroatoms. The van der Waals surface area contributed by atoms with Gasteiger partial charge in [-0.2, -0.15) is 13.2 Å². The van der Waals surface area contributed by atoms with Gasteiger partial charge in [-0.3, -0.25) is 57.5 Å². The third kappa shape index (κ3) is 18.3. The number of halogens is 4. The molecule has 2 saturated carbocycles. The molecule has 2 bridgehead atoms. The molecular weight excluding hydrogens is 1350 g/mol. The van der Waals surface area contributed by atoms with Crippen LogP contribution >= 0.6 is 11.6 Å². The maximum Gasteiger partial charge on any atom is 0.417 e. The SMILES string of the molecule is CCCOC[C@H]1C(=O)N(C)CC(=O)N[C@@H](CCc2ccc(C(F)(F)F)c(Cl)c2)C(=O)N2CCC[C@H]2C(=O)NC2(CCCC2)C(=O)N(C)[C@@H](C2CCCC2)C(=O)N(C)[C@H](C(=O)N2C3CCC2COC3)CC(=O)N(CC)[C@@H](CC(C)C)C(=O)N[C@@H]([C@@H](C)CC)C(=O)N[C@@H](C)C(=O)N2CC[C@H]2C(=O)N1C.